The van der Waals surface area contributed by atoms with Gasteiger partial charge in [0.15, 0.2) is 0 Å². The largest absolute Gasteiger partial charge is 0.352 e. The Morgan fingerprint density at radius 3 is 3.00 bits per heavy atom. The Morgan fingerprint density at radius 1 is 1.43 bits per heavy atom. The van der Waals surface area contributed by atoms with Crippen LogP contribution in [0.15, 0.2) is 18.2 Å². The van der Waals surface area contributed by atoms with Crippen LogP contribution in [0.25, 0.3) is 11.0 Å². The number of hydrogen-bond donors (Lipinski definition) is 1. The van der Waals surface area contributed by atoms with Gasteiger partial charge >= 0.3 is 0 Å². The number of carbonyl (C=O) groups is 1. The van der Waals surface area contributed by atoms with E-state index in [0.717, 1.165) is 29.1 Å². The van der Waals surface area contributed by atoms with Crippen molar-refractivity contribution in [1.82, 2.24) is 20.3 Å². The van der Waals surface area contributed by atoms with Crippen molar-refractivity contribution in [2.45, 2.75) is 20.3 Å². The van der Waals surface area contributed by atoms with Gasteiger partial charge in [0.1, 0.15) is 5.52 Å². The SMILES string of the molecule is CC(C)CSCCCNC(=O)c1ccc2c(c1)nnn2C. The van der Waals surface area contributed by atoms with Crippen LogP contribution >= 0.6 is 11.8 Å². The Bertz CT molecular complexity index is 609. The first kappa shape index (κ1) is 15.8. The number of rotatable bonds is 7. The fourth-order valence-electron chi connectivity index (χ4n) is 1.98. The molecule has 0 unspecified atom stereocenters. The highest BCUT2D eigenvalue weighted by Gasteiger charge is 2.08. The van der Waals surface area contributed by atoms with E-state index < -0.39 is 0 Å². The molecule has 0 aliphatic heterocycles. The lowest BCUT2D eigenvalue weighted by molar-refractivity contribution is 0.0954. The van der Waals surface area contributed by atoms with Crippen LogP contribution < -0.4 is 5.32 Å². The van der Waals surface area contributed by atoms with E-state index in [1.54, 1.807) is 10.7 Å². The van der Waals surface area contributed by atoms with Crippen molar-refractivity contribution >= 4 is 28.7 Å². The molecule has 0 atom stereocenters. The summed E-state index contributed by atoms with van der Waals surface area (Å²) in [6, 6.07) is 5.47. The monoisotopic (exact) mass is 306 g/mol. The van der Waals surface area contributed by atoms with Crippen molar-refractivity contribution in [3.63, 3.8) is 0 Å². The molecule has 114 valence electrons. The number of nitrogens with one attached hydrogen (secondary N) is 1. The third-order valence-corrected chi connectivity index (χ3v) is 4.55. The minimum absolute atomic E-state index is 0.0450. The number of nitrogens with zero attached hydrogens (tertiary/aromatic N) is 3. The minimum Gasteiger partial charge on any atom is -0.352 e. The molecule has 0 spiro atoms. The molecular formula is C15H22N4OS. The summed E-state index contributed by atoms with van der Waals surface area (Å²) < 4.78 is 1.70. The van der Waals surface area contributed by atoms with Crippen LogP contribution in [0.5, 0.6) is 0 Å². The first-order valence-electron chi connectivity index (χ1n) is 7.23. The molecule has 0 radical (unpaired) electrons. The summed E-state index contributed by atoms with van der Waals surface area (Å²) in [7, 11) is 1.84. The van der Waals surface area contributed by atoms with Crippen molar-refractivity contribution in [3.05, 3.63) is 23.8 Å². The predicted octanol–water partition coefficient (Wildman–Crippen LogP) is 2.48. The van der Waals surface area contributed by atoms with Crippen molar-refractivity contribution in [2.24, 2.45) is 13.0 Å². The van der Waals surface area contributed by atoms with Crippen molar-refractivity contribution in [3.8, 4) is 0 Å². The van der Waals surface area contributed by atoms with Gasteiger partial charge in [0.25, 0.3) is 5.91 Å². The number of thioether (sulfide) groups is 1. The quantitative estimate of drug-likeness (QED) is 0.798. The van der Waals surface area contributed by atoms with E-state index in [-0.39, 0.29) is 5.91 Å². The highest BCUT2D eigenvalue weighted by atomic mass is 32.2. The molecule has 0 aliphatic rings. The van der Waals surface area contributed by atoms with E-state index in [9.17, 15) is 4.79 Å². The van der Waals surface area contributed by atoms with Crippen LogP contribution in [0.3, 0.4) is 0 Å². The molecule has 1 aromatic heterocycles. The van der Waals surface area contributed by atoms with Gasteiger partial charge in [0.2, 0.25) is 0 Å². The van der Waals surface area contributed by atoms with Gasteiger partial charge in [-0.2, -0.15) is 11.8 Å². The van der Waals surface area contributed by atoms with Crippen molar-refractivity contribution in [2.75, 3.05) is 18.1 Å². The number of benzene rings is 1. The molecule has 2 rings (SSSR count). The first-order chi connectivity index (χ1) is 10.1. The Hall–Kier alpha value is -1.56. The molecule has 2 aromatic rings. The summed E-state index contributed by atoms with van der Waals surface area (Å²) in [4.78, 5) is 12.1. The Kier molecular flexibility index (Phi) is 5.61. The molecule has 0 saturated carbocycles. The number of hydrogen-bond acceptors (Lipinski definition) is 4. The van der Waals surface area contributed by atoms with Gasteiger partial charge in [-0.3, -0.25) is 4.79 Å². The molecule has 5 nitrogen and oxygen atoms in total. The van der Waals surface area contributed by atoms with Crippen molar-refractivity contribution < 1.29 is 4.79 Å². The zero-order valence-electron chi connectivity index (χ0n) is 12.8. The van der Waals surface area contributed by atoms with Crippen LogP contribution in [0.4, 0.5) is 0 Å². The first-order valence-corrected chi connectivity index (χ1v) is 8.39. The predicted molar refractivity (Wildman–Crippen MR) is 87.6 cm³/mol. The molecular weight excluding hydrogens is 284 g/mol. The summed E-state index contributed by atoms with van der Waals surface area (Å²) in [6.07, 6.45) is 0.997. The second-order valence-electron chi connectivity index (χ2n) is 5.49. The van der Waals surface area contributed by atoms with Crippen LogP contribution in [0.1, 0.15) is 30.6 Å². The molecule has 0 aliphatic carbocycles. The summed E-state index contributed by atoms with van der Waals surface area (Å²) in [5.74, 6) is 2.94. The molecule has 0 bridgehead atoms. The molecule has 1 heterocycles. The molecule has 6 heteroatoms. The van der Waals surface area contributed by atoms with E-state index in [1.165, 1.54) is 5.75 Å². The van der Waals surface area contributed by atoms with Gasteiger partial charge in [-0.1, -0.05) is 19.1 Å². The lowest BCUT2D eigenvalue weighted by Gasteiger charge is -2.06. The fraction of sp³-hybridized carbons (Fsp3) is 0.533. The van der Waals surface area contributed by atoms with E-state index in [1.807, 2.05) is 30.9 Å². The maximum atomic E-state index is 12.1. The number of aryl methyl sites for hydroxylation is 1. The maximum absolute atomic E-state index is 12.1. The van der Waals surface area contributed by atoms with Crippen LogP contribution in [-0.2, 0) is 7.05 Å². The smallest absolute Gasteiger partial charge is 0.251 e. The Balaban J connectivity index is 1.79. The van der Waals surface area contributed by atoms with E-state index >= 15 is 0 Å². The topological polar surface area (TPSA) is 59.8 Å². The van der Waals surface area contributed by atoms with Gasteiger partial charge in [-0.05, 0) is 42.0 Å². The van der Waals surface area contributed by atoms with Crippen LogP contribution in [-0.4, -0.2) is 39.0 Å². The number of fused-ring (bicyclic) bond motifs is 1. The summed E-state index contributed by atoms with van der Waals surface area (Å²) in [5, 5.41) is 10.9. The second-order valence-corrected chi connectivity index (χ2v) is 6.64. The lowest BCUT2D eigenvalue weighted by atomic mass is 10.2. The average Bonchev–Trinajstić information content (AvgIpc) is 2.83. The van der Waals surface area contributed by atoms with Gasteiger partial charge in [0.05, 0.1) is 5.52 Å². The van der Waals surface area contributed by atoms with E-state index in [0.29, 0.717) is 12.1 Å². The third-order valence-electron chi connectivity index (χ3n) is 3.08. The van der Waals surface area contributed by atoms with Gasteiger partial charge in [-0.15, -0.1) is 5.10 Å². The van der Waals surface area contributed by atoms with Gasteiger partial charge < -0.3 is 5.32 Å². The standard InChI is InChI=1S/C15H22N4OS/c1-11(2)10-21-8-4-7-16-15(20)12-5-6-14-13(9-12)17-18-19(14)3/h5-6,9,11H,4,7-8,10H2,1-3H3,(H,16,20). The normalized spacial score (nSPS) is 11.2. The van der Waals surface area contributed by atoms with Crippen LogP contribution in [0, 0.1) is 5.92 Å². The van der Waals surface area contributed by atoms with Crippen molar-refractivity contribution in [1.29, 1.82) is 0 Å². The summed E-state index contributed by atoms with van der Waals surface area (Å²) in [6.45, 7) is 5.15. The zero-order valence-corrected chi connectivity index (χ0v) is 13.6. The number of carbonyl (C=O) groups excluding carboxylic acids is 1. The van der Waals surface area contributed by atoms with E-state index in [4.69, 9.17) is 0 Å². The molecule has 1 N–H and O–H groups in total. The molecule has 0 saturated heterocycles. The van der Waals surface area contributed by atoms with Gasteiger partial charge in [-0.25, -0.2) is 4.68 Å². The molecule has 1 aromatic carbocycles. The molecule has 21 heavy (non-hydrogen) atoms. The zero-order chi connectivity index (χ0) is 15.2. The van der Waals surface area contributed by atoms with Gasteiger partial charge in [0, 0.05) is 19.2 Å². The second kappa shape index (κ2) is 7.45. The highest BCUT2D eigenvalue weighted by molar-refractivity contribution is 7.99. The lowest BCUT2D eigenvalue weighted by Crippen LogP contribution is -2.24. The number of aromatic nitrogens is 3. The number of amides is 1. The Labute approximate surface area is 129 Å². The average molecular weight is 306 g/mol. The maximum Gasteiger partial charge on any atom is 0.251 e. The van der Waals surface area contributed by atoms with Crippen LogP contribution in [0.2, 0.25) is 0 Å². The third kappa shape index (κ3) is 4.46. The molecule has 0 fully saturated rings. The fourth-order valence-corrected chi connectivity index (χ4v) is 2.97. The Morgan fingerprint density at radius 2 is 2.24 bits per heavy atom. The molecule has 1 amide bonds. The summed E-state index contributed by atoms with van der Waals surface area (Å²) >= 11 is 1.94. The minimum atomic E-state index is -0.0450. The highest BCUT2D eigenvalue weighted by Crippen LogP contribution is 2.12. The van der Waals surface area contributed by atoms with E-state index in [2.05, 4.69) is 29.5 Å². The summed E-state index contributed by atoms with van der Waals surface area (Å²) in [5.41, 5.74) is 2.31.